The zero-order chi connectivity index (χ0) is 19.6. The van der Waals surface area contributed by atoms with Crippen LogP contribution in [-0.4, -0.2) is 32.2 Å². The molecule has 0 unspecified atom stereocenters. The summed E-state index contributed by atoms with van der Waals surface area (Å²) in [5.41, 5.74) is 0.721. The number of ether oxygens (including phenoxy) is 3. The Bertz CT molecular complexity index is 835. The Morgan fingerprint density at radius 1 is 1.15 bits per heavy atom. The van der Waals surface area contributed by atoms with E-state index in [1.165, 1.54) is 37.5 Å². The second-order valence-corrected chi connectivity index (χ2v) is 5.31. The molecule has 0 aromatic heterocycles. The van der Waals surface area contributed by atoms with E-state index in [4.69, 9.17) is 14.2 Å². The highest BCUT2D eigenvalue weighted by Crippen LogP contribution is 2.28. The first-order valence-corrected chi connectivity index (χ1v) is 8.23. The van der Waals surface area contributed by atoms with E-state index in [1.54, 1.807) is 24.3 Å². The molecule has 0 radical (unpaired) electrons. The number of nitrogens with one attached hydrogen (secondary N) is 1. The number of hydrogen-bond donors (Lipinski definition) is 1. The summed E-state index contributed by atoms with van der Waals surface area (Å²) < 4.78 is 28.9. The Balaban J connectivity index is 1.88. The van der Waals surface area contributed by atoms with Gasteiger partial charge in [0.2, 0.25) is 0 Å². The van der Waals surface area contributed by atoms with Gasteiger partial charge < -0.3 is 19.5 Å². The zero-order valence-electron chi connectivity index (χ0n) is 15.0. The molecule has 1 amide bonds. The number of para-hydroxylation sites is 1. The summed E-state index contributed by atoms with van der Waals surface area (Å²) in [5, 5.41) is 2.33. The van der Waals surface area contributed by atoms with E-state index < -0.39 is 24.3 Å². The van der Waals surface area contributed by atoms with Crippen molar-refractivity contribution in [2.75, 3.05) is 25.6 Å². The van der Waals surface area contributed by atoms with E-state index in [9.17, 15) is 14.0 Å². The van der Waals surface area contributed by atoms with E-state index in [1.807, 2.05) is 6.92 Å². The predicted molar refractivity (Wildman–Crippen MR) is 99.2 cm³/mol. The van der Waals surface area contributed by atoms with Gasteiger partial charge in [0.15, 0.2) is 18.1 Å². The lowest BCUT2D eigenvalue weighted by molar-refractivity contribution is -0.142. The molecule has 2 rings (SSSR count). The monoisotopic (exact) mass is 373 g/mol. The molecule has 27 heavy (non-hydrogen) atoms. The molecular weight excluding hydrogens is 353 g/mol. The van der Waals surface area contributed by atoms with Gasteiger partial charge >= 0.3 is 5.97 Å². The van der Waals surface area contributed by atoms with Crippen LogP contribution in [-0.2, 0) is 14.3 Å². The van der Waals surface area contributed by atoms with Gasteiger partial charge in [-0.2, -0.15) is 0 Å². The largest absolute Gasteiger partial charge is 0.493 e. The Labute approximate surface area is 156 Å². The molecule has 0 aliphatic heterocycles. The molecule has 0 aliphatic rings. The van der Waals surface area contributed by atoms with Crippen LogP contribution in [0.2, 0.25) is 0 Å². The van der Waals surface area contributed by atoms with E-state index >= 15 is 0 Å². The minimum Gasteiger partial charge on any atom is -0.493 e. The molecule has 142 valence electrons. The highest BCUT2D eigenvalue weighted by atomic mass is 19.1. The van der Waals surface area contributed by atoms with Crippen LogP contribution < -0.4 is 14.8 Å². The lowest BCUT2D eigenvalue weighted by atomic mass is 10.2. The zero-order valence-corrected chi connectivity index (χ0v) is 15.0. The van der Waals surface area contributed by atoms with Gasteiger partial charge in [0, 0.05) is 6.08 Å². The summed E-state index contributed by atoms with van der Waals surface area (Å²) in [4.78, 5) is 23.5. The fraction of sp³-hybridized carbons (Fsp3) is 0.200. The summed E-state index contributed by atoms with van der Waals surface area (Å²) in [6.45, 7) is 1.85. The van der Waals surface area contributed by atoms with Gasteiger partial charge in [0.25, 0.3) is 5.91 Å². The fourth-order valence-electron chi connectivity index (χ4n) is 2.16. The quantitative estimate of drug-likeness (QED) is 0.567. The van der Waals surface area contributed by atoms with Crippen LogP contribution in [0.25, 0.3) is 6.08 Å². The average Bonchev–Trinajstić information content (AvgIpc) is 2.67. The van der Waals surface area contributed by atoms with Crippen LogP contribution in [0.3, 0.4) is 0 Å². The highest BCUT2D eigenvalue weighted by Gasteiger charge is 2.09. The van der Waals surface area contributed by atoms with Crippen LogP contribution in [0.4, 0.5) is 10.1 Å². The number of amides is 1. The van der Waals surface area contributed by atoms with E-state index in [-0.39, 0.29) is 5.69 Å². The van der Waals surface area contributed by atoms with Crippen molar-refractivity contribution in [3.63, 3.8) is 0 Å². The summed E-state index contributed by atoms with van der Waals surface area (Å²) in [6.07, 6.45) is 2.71. The molecule has 0 saturated heterocycles. The van der Waals surface area contributed by atoms with Gasteiger partial charge in [0.05, 0.1) is 19.4 Å². The van der Waals surface area contributed by atoms with Gasteiger partial charge in [-0.1, -0.05) is 18.2 Å². The van der Waals surface area contributed by atoms with Crippen molar-refractivity contribution in [3.05, 3.63) is 59.9 Å². The van der Waals surface area contributed by atoms with Crippen molar-refractivity contribution < 1.29 is 28.2 Å². The number of hydrogen-bond acceptors (Lipinski definition) is 5. The molecule has 0 atom stereocenters. The maximum Gasteiger partial charge on any atom is 0.331 e. The number of carbonyl (C=O) groups excluding carboxylic acids is 2. The average molecular weight is 373 g/mol. The molecule has 0 aliphatic carbocycles. The van der Waals surface area contributed by atoms with Crippen molar-refractivity contribution in [1.29, 1.82) is 0 Å². The maximum absolute atomic E-state index is 13.4. The predicted octanol–water partition coefficient (Wildman–Crippen LogP) is 3.43. The lowest BCUT2D eigenvalue weighted by Gasteiger charge is -2.09. The van der Waals surface area contributed by atoms with Gasteiger partial charge in [0.1, 0.15) is 5.82 Å². The molecule has 1 N–H and O–H groups in total. The van der Waals surface area contributed by atoms with Gasteiger partial charge in [-0.25, -0.2) is 9.18 Å². The molecule has 0 heterocycles. The Kier molecular flexibility index (Phi) is 7.37. The second-order valence-electron chi connectivity index (χ2n) is 5.31. The molecule has 7 heteroatoms. The van der Waals surface area contributed by atoms with Crippen LogP contribution in [0.15, 0.2) is 48.5 Å². The first kappa shape index (κ1) is 20.0. The molecule has 0 bridgehead atoms. The van der Waals surface area contributed by atoms with Crippen LogP contribution >= 0.6 is 0 Å². The summed E-state index contributed by atoms with van der Waals surface area (Å²) in [6, 6.07) is 10.9. The summed E-state index contributed by atoms with van der Waals surface area (Å²) in [5.74, 6) is -0.765. The molecule has 6 nitrogen and oxygen atoms in total. The maximum atomic E-state index is 13.4. The summed E-state index contributed by atoms with van der Waals surface area (Å²) >= 11 is 0. The van der Waals surface area contributed by atoms with Gasteiger partial charge in [-0.05, 0) is 42.8 Å². The number of esters is 1. The topological polar surface area (TPSA) is 73.9 Å². The number of benzene rings is 2. The number of halogens is 1. The van der Waals surface area contributed by atoms with Crippen molar-refractivity contribution >= 4 is 23.6 Å². The van der Waals surface area contributed by atoms with Crippen molar-refractivity contribution in [1.82, 2.24) is 0 Å². The van der Waals surface area contributed by atoms with Crippen molar-refractivity contribution in [2.24, 2.45) is 0 Å². The molecule has 0 fully saturated rings. The molecule has 2 aromatic rings. The third-order valence-electron chi connectivity index (χ3n) is 3.39. The number of anilines is 1. The van der Waals surface area contributed by atoms with Gasteiger partial charge in [-0.3, -0.25) is 4.79 Å². The normalized spacial score (nSPS) is 10.5. The standard InChI is InChI=1S/C20H20FNO5/c1-3-26-17-10-8-14(12-18(17)25-2)9-11-20(24)27-13-19(23)22-16-7-5-4-6-15(16)21/h4-12H,3,13H2,1-2H3,(H,22,23)/b11-9+. The number of carbonyl (C=O) groups is 2. The Hall–Kier alpha value is -3.35. The smallest absolute Gasteiger partial charge is 0.331 e. The van der Waals surface area contributed by atoms with E-state index in [0.717, 1.165) is 0 Å². The van der Waals surface area contributed by atoms with E-state index in [2.05, 4.69) is 5.32 Å². The molecular formula is C20H20FNO5. The first-order valence-electron chi connectivity index (χ1n) is 8.23. The summed E-state index contributed by atoms with van der Waals surface area (Å²) in [7, 11) is 1.52. The highest BCUT2D eigenvalue weighted by molar-refractivity contribution is 5.94. The van der Waals surface area contributed by atoms with Crippen LogP contribution in [0, 0.1) is 5.82 Å². The Morgan fingerprint density at radius 3 is 2.63 bits per heavy atom. The SMILES string of the molecule is CCOc1ccc(/C=C/C(=O)OCC(=O)Nc2ccccc2F)cc1OC. The number of rotatable bonds is 8. The van der Waals surface area contributed by atoms with E-state index in [0.29, 0.717) is 23.7 Å². The van der Waals surface area contributed by atoms with Crippen LogP contribution in [0.5, 0.6) is 11.5 Å². The first-order chi connectivity index (χ1) is 13.0. The van der Waals surface area contributed by atoms with Gasteiger partial charge in [-0.15, -0.1) is 0 Å². The minimum absolute atomic E-state index is 0.0237. The van der Waals surface area contributed by atoms with Crippen molar-refractivity contribution in [2.45, 2.75) is 6.92 Å². The Morgan fingerprint density at radius 2 is 1.93 bits per heavy atom. The van der Waals surface area contributed by atoms with Crippen molar-refractivity contribution in [3.8, 4) is 11.5 Å². The fourth-order valence-corrected chi connectivity index (χ4v) is 2.16. The lowest BCUT2D eigenvalue weighted by Crippen LogP contribution is -2.20. The third-order valence-corrected chi connectivity index (χ3v) is 3.39. The minimum atomic E-state index is -0.702. The molecule has 2 aromatic carbocycles. The number of methoxy groups -OCH3 is 1. The molecule has 0 spiro atoms. The third kappa shape index (κ3) is 6.14. The van der Waals surface area contributed by atoms with Crippen LogP contribution in [0.1, 0.15) is 12.5 Å². The molecule has 0 saturated carbocycles. The second kappa shape index (κ2) is 9.96.